The van der Waals surface area contributed by atoms with Crippen molar-refractivity contribution in [2.45, 2.75) is 90.5 Å². The van der Waals surface area contributed by atoms with E-state index < -0.39 is 6.04 Å². The van der Waals surface area contributed by atoms with E-state index in [1.165, 1.54) is 16.9 Å². The summed E-state index contributed by atoms with van der Waals surface area (Å²) in [5, 5.41) is 14.0. The smallest absolute Gasteiger partial charge is 0.243 e. The fraction of sp³-hybridized carbons (Fsp3) is 0.594. The molecule has 2 aliphatic heterocycles. The summed E-state index contributed by atoms with van der Waals surface area (Å²) >= 11 is 1.39. The summed E-state index contributed by atoms with van der Waals surface area (Å²) in [4.78, 5) is 30.5. The first kappa shape index (κ1) is 31.2. The zero-order chi connectivity index (χ0) is 29.6. The number of amides is 2. The Morgan fingerprint density at radius 1 is 1.17 bits per heavy atom. The minimum absolute atomic E-state index is 0.0201. The zero-order valence-corrected chi connectivity index (χ0v) is 25.8. The predicted octanol–water partition coefficient (Wildman–Crippen LogP) is 4.55. The summed E-state index contributed by atoms with van der Waals surface area (Å²) in [5.74, 6) is 0.415. The number of nitrogen functional groups attached to an aromatic ring is 1. The Balaban J connectivity index is 1.39. The van der Waals surface area contributed by atoms with Crippen molar-refractivity contribution < 1.29 is 14.3 Å². The van der Waals surface area contributed by atoms with Crippen LogP contribution < -0.4 is 16.4 Å². The Morgan fingerprint density at radius 3 is 2.51 bits per heavy atom. The van der Waals surface area contributed by atoms with Gasteiger partial charge < -0.3 is 26.0 Å². The topological polar surface area (TPSA) is 121 Å². The molecule has 3 heterocycles. The van der Waals surface area contributed by atoms with Crippen LogP contribution in [-0.4, -0.2) is 54.3 Å². The molecule has 2 fully saturated rings. The number of carbonyl (C=O) groups excluding carboxylic acids is 2. The Morgan fingerprint density at radius 2 is 1.88 bits per heavy atom. The van der Waals surface area contributed by atoms with E-state index in [1.807, 2.05) is 13.0 Å². The van der Waals surface area contributed by atoms with Crippen molar-refractivity contribution >= 4 is 29.0 Å². The van der Waals surface area contributed by atoms with Crippen molar-refractivity contribution in [1.29, 1.82) is 5.41 Å². The third kappa shape index (κ3) is 8.63. The number of hydrogen-bond acceptors (Lipinski definition) is 6. The van der Waals surface area contributed by atoms with Crippen molar-refractivity contribution in [3.05, 3.63) is 57.3 Å². The fourth-order valence-electron chi connectivity index (χ4n) is 5.70. The van der Waals surface area contributed by atoms with Crippen LogP contribution in [0.1, 0.15) is 80.7 Å². The first-order valence-electron chi connectivity index (χ1n) is 14.9. The monoisotopic (exact) mass is 581 g/mol. The highest BCUT2D eigenvalue weighted by atomic mass is 32.1. The van der Waals surface area contributed by atoms with Gasteiger partial charge in [0.05, 0.1) is 24.1 Å². The number of rotatable bonds is 11. The minimum Gasteiger partial charge on any atom is -0.383 e. The maximum absolute atomic E-state index is 13.7. The molecule has 2 saturated heterocycles. The lowest BCUT2D eigenvalue weighted by Crippen LogP contribution is -2.47. The molecule has 9 heteroatoms. The van der Waals surface area contributed by atoms with Crippen LogP contribution in [0.4, 0.5) is 0 Å². The van der Waals surface area contributed by atoms with Crippen LogP contribution in [0.3, 0.4) is 0 Å². The average molecular weight is 582 g/mol. The van der Waals surface area contributed by atoms with Crippen LogP contribution >= 0.6 is 11.3 Å². The number of hydrogen-bond donors (Lipinski definition) is 4. The van der Waals surface area contributed by atoms with Gasteiger partial charge in [-0.05, 0) is 73.4 Å². The molecule has 2 aromatic rings. The molecule has 0 bridgehead atoms. The van der Waals surface area contributed by atoms with E-state index in [0.717, 1.165) is 49.2 Å². The highest BCUT2D eigenvalue weighted by Crippen LogP contribution is 2.28. The molecule has 0 saturated carbocycles. The van der Waals surface area contributed by atoms with Gasteiger partial charge in [0.15, 0.2) is 0 Å². The summed E-state index contributed by atoms with van der Waals surface area (Å²) in [6.07, 6.45) is 4.47. The number of piperidine rings is 1. The lowest BCUT2D eigenvalue weighted by Gasteiger charge is -2.28. The van der Waals surface area contributed by atoms with E-state index in [9.17, 15) is 9.59 Å². The minimum atomic E-state index is -0.565. The lowest BCUT2D eigenvalue weighted by molar-refractivity contribution is -0.141. The second-order valence-corrected chi connectivity index (χ2v) is 13.9. The highest BCUT2D eigenvalue weighted by molar-refractivity contribution is 7.14. The number of nitrogens with one attached hydrogen (secondary N) is 3. The number of ether oxygens (including phenoxy) is 1. The largest absolute Gasteiger partial charge is 0.383 e. The normalized spacial score (nSPS) is 20.6. The van der Waals surface area contributed by atoms with Crippen LogP contribution in [0, 0.1) is 17.2 Å². The summed E-state index contributed by atoms with van der Waals surface area (Å²) < 4.78 is 6.29. The van der Waals surface area contributed by atoms with Crippen LogP contribution in [0.15, 0.2) is 36.4 Å². The van der Waals surface area contributed by atoms with Gasteiger partial charge in [0.2, 0.25) is 11.8 Å². The molecule has 2 amide bonds. The van der Waals surface area contributed by atoms with Crippen molar-refractivity contribution in [2.75, 3.05) is 19.6 Å². The number of nitrogens with two attached hydrogens (primary N) is 1. The molecule has 0 unspecified atom stereocenters. The molecule has 1 aromatic heterocycles. The molecule has 0 radical (unpaired) electrons. The van der Waals surface area contributed by atoms with Crippen LogP contribution in [-0.2, 0) is 32.9 Å². The quantitative estimate of drug-likeness (QED) is 0.229. The van der Waals surface area contributed by atoms with Gasteiger partial charge in [0, 0.05) is 23.8 Å². The van der Waals surface area contributed by atoms with Crippen molar-refractivity contribution in [3.63, 3.8) is 0 Å². The second-order valence-electron chi connectivity index (χ2n) is 12.7. The summed E-state index contributed by atoms with van der Waals surface area (Å²) in [5.41, 5.74) is 8.04. The summed E-state index contributed by atoms with van der Waals surface area (Å²) in [7, 11) is 0. The Hall–Kier alpha value is -2.75. The van der Waals surface area contributed by atoms with Gasteiger partial charge in [0.25, 0.3) is 0 Å². The molecule has 1 aromatic carbocycles. The first-order chi connectivity index (χ1) is 19.5. The maximum Gasteiger partial charge on any atom is 0.243 e. The predicted molar refractivity (Wildman–Crippen MR) is 165 cm³/mol. The van der Waals surface area contributed by atoms with E-state index in [1.54, 1.807) is 11.0 Å². The van der Waals surface area contributed by atoms with Crippen LogP contribution in [0.25, 0.3) is 0 Å². The summed E-state index contributed by atoms with van der Waals surface area (Å²) in [6, 6.07) is 11.6. The molecule has 8 nitrogen and oxygen atoms in total. The molecule has 0 spiro atoms. The van der Waals surface area contributed by atoms with E-state index in [-0.39, 0.29) is 35.1 Å². The van der Waals surface area contributed by atoms with E-state index in [2.05, 4.69) is 55.7 Å². The molecule has 4 rings (SSSR count). The van der Waals surface area contributed by atoms with Crippen LogP contribution in [0.5, 0.6) is 0 Å². The number of nitrogens with zero attached hydrogens (tertiary/aromatic N) is 1. The van der Waals surface area contributed by atoms with Gasteiger partial charge in [-0.25, -0.2) is 0 Å². The third-order valence-corrected chi connectivity index (χ3v) is 9.52. The number of likely N-dealkylation sites (tertiary alicyclic amines) is 1. The Kier molecular flexibility index (Phi) is 10.6. The summed E-state index contributed by atoms with van der Waals surface area (Å²) in [6.45, 7) is 11.9. The molecular formula is C32H47N5O3S. The maximum atomic E-state index is 13.7. The lowest BCUT2D eigenvalue weighted by atomic mass is 9.87. The van der Waals surface area contributed by atoms with Crippen molar-refractivity contribution in [1.82, 2.24) is 15.5 Å². The molecule has 3 atom stereocenters. The number of amidine groups is 1. The number of carbonyl (C=O) groups is 2. The van der Waals surface area contributed by atoms with E-state index in [4.69, 9.17) is 15.9 Å². The zero-order valence-electron chi connectivity index (χ0n) is 25.0. The molecule has 41 heavy (non-hydrogen) atoms. The standard InChI is InChI=1S/C32H47N5O3S/c1-21(5-6-22-13-15-35-16-14-22)31(39)37-19-25(40-20-23-7-9-24(10-8-23)32(2,3)4)17-27(37)30(38)36-18-26-11-12-28(41-26)29(33)34/h7-12,21-22,25,27,35H,5-6,13-20H2,1-4H3,(H3,33,34)(H,36,38)/t21-,25-,27+/m1/s1. The van der Waals surface area contributed by atoms with Gasteiger partial charge in [-0.15, -0.1) is 11.3 Å². The Labute approximate surface area is 248 Å². The van der Waals surface area contributed by atoms with Crippen molar-refractivity contribution in [2.24, 2.45) is 17.6 Å². The van der Waals surface area contributed by atoms with Gasteiger partial charge in [0.1, 0.15) is 11.9 Å². The molecule has 2 aliphatic rings. The number of benzene rings is 1. The second kappa shape index (κ2) is 13.9. The number of thiophene rings is 1. The molecule has 224 valence electrons. The third-order valence-electron chi connectivity index (χ3n) is 8.41. The SMILES string of the molecule is C[C@H](CCC1CCNCC1)C(=O)N1C[C@H](OCc2ccc(C(C)(C)C)cc2)C[C@H]1C(=O)NCc1ccc(C(=N)N)s1. The van der Waals surface area contributed by atoms with Crippen LogP contribution in [0.2, 0.25) is 0 Å². The molecule has 0 aliphatic carbocycles. The van der Waals surface area contributed by atoms with Gasteiger partial charge in [-0.2, -0.15) is 0 Å². The van der Waals surface area contributed by atoms with Gasteiger partial charge in [-0.3, -0.25) is 15.0 Å². The van der Waals surface area contributed by atoms with E-state index in [0.29, 0.717) is 36.9 Å². The molecule has 5 N–H and O–H groups in total. The van der Waals surface area contributed by atoms with Gasteiger partial charge in [-0.1, -0.05) is 52.0 Å². The van der Waals surface area contributed by atoms with Gasteiger partial charge >= 0.3 is 0 Å². The van der Waals surface area contributed by atoms with Crippen molar-refractivity contribution in [3.8, 4) is 0 Å². The Bertz CT molecular complexity index is 1180. The van der Waals surface area contributed by atoms with E-state index >= 15 is 0 Å². The molecular weight excluding hydrogens is 534 g/mol. The fourth-order valence-corrected chi connectivity index (χ4v) is 6.51. The highest BCUT2D eigenvalue weighted by Gasteiger charge is 2.41. The average Bonchev–Trinajstić information content (AvgIpc) is 3.61. The first-order valence-corrected chi connectivity index (χ1v) is 15.8.